The molecular weight excluding hydrogens is 242 g/mol. The zero-order valence-electron chi connectivity index (χ0n) is 8.46. The van der Waals surface area contributed by atoms with Crippen molar-refractivity contribution >= 4 is 11.1 Å². The van der Waals surface area contributed by atoms with Crippen LogP contribution in [0, 0.1) is 5.82 Å². The minimum Gasteiger partial charge on any atom is -0.768 e. The van der Waals surface area contributed by atoms with Gasteiger partial charge in [0.2, 0.25) is 0 Å². The Hall–Kier alpha value is -0.530. The quantitative estimate of drug-likeness (QED) is 0.468. The van der Waals surface area contributed by atoms with E-state index in [1.54, 1.807) is 12.3 Å². The summed E-state index contributed by atoms with van der Waals surface area (Å²) in [5.41, 5.74) is 0.217. The van der Waals surface area contributed by atoms with Gasteiger partial charge in [0.1, 0.15) is 11.5 Å². The molecule has 0 amide bonds. The van der Waals surface area contributed by atoms with Gasteiger partial charge in [-0.05, 0) is 35.3 Å². The van der Waals surface area contributed by atoms with Gasteiger partial charge in [-0.1, -0.05) is 0 Å². The van der Waals surface area contributed by atoms with E-state index in [2.05, 4.69) is 5.10 Å². The van der Waals surface area contributed by atoms with E-state index in [-0.39, 0.29) is 40.1 Å². The Balaban J connectivity index is 0.00000128. The molecule has 0 radical (unpaired) electrons. The molecule has 0 aliphatic heterocycles. The first kappa shape index (κ1) is 13.5. The van der Waals surface area contributed by atoms with Gasteiger partial charge < -0.3 is 4.55 Å². The predicted molar refractivity (Wildman–Crippen MR) is 50.7 cm³/mol. The first-order valence-corrected chi connectivity index (χ1v) is 5.15. The Morgan fingerprint density at radius 3 is 2.69 bits per heavy atom. The van der Waals surface area contributed by atoms with Crippen LogP contribution in [0.25, 0.3) is 5.69 Å². The molecule has 1 atom stereocenters. The summed E-state index contributed by atoms with van der Waals surface area (Å²) in [6, 6.07) is 5.30. The van der Waals surface area contributed by atoms with Crippen molar-refractivity contribution in [2.24, 2.45) is 0 Å². The molecule has 1 aromatic heterocycles. The van der Waals surface area contributed by atoms with Crippen molar-refractivity contribution in [1.82, 2.24) is 9.78 Å². The van der Waals surface area contributed by atoms with Gasteiger partial charge in [0, 0.05) is 17.3 Å². The Kier molecular flexibility index (Phi) is 4.82. The SMILES string of the molecule is O=S([O-])c1ccc(-n2cccn2)c(F)c1.[Na+]. The van der Waals surface area contributed by atoms with Crippen molar-refractivity contribution in [1.29, 1.82) is 0 Å². The number of nitrogens with zero attached hydrogens (tertiary/aromatic N) is 2. The third-order valence-electron chi connectivity index (χ3n) is 1.86. The van der Waals surface area contributed by atoms with Gasteiger partial charge in [-0.3, -0.25) is 4.21 Å². The van der Waals surface area contributed by atoms with Crippen molar-refractivity contribution < 1.29 is 42.7 Å². The molecule has 7 heteroatoms. The average Bonchev–Trinajstić information content (AvgIpc) is 2.70. The van der Waals surface area contributed by atoms with Gasteiger partial charge in [0.05, 0.1) is 0 Å². The molecule has 2 aromatic rings. The normalized spacial score (nSPS) is 11.9. The fraction of sp³-hybridized carbons (Fsp3) is 0. The molecule has 1 aromatic carbocycles. The van der Waals surface area contributed by atoms with Crippen LogP contribution >= 0.6 is 0 Å². The summed E-state index contributed by atoms with van der Waals surface area (Å²) >= 11 is -2.41. The zero-order chi connectivity index (χ0) is 10.8. The van der Waals surface area contributed by atoms with E-state index in [0.29, 0.717) is 0 Å². The van der Waals surface area contributed by atoms with Crippen molar-refractivity contribution in [2.45, 2.75) is 4.90 Å². The van der Waals surface area contributed by atoms with Gasteiger partial charge in [0.25, 0.3) is 0 Å². The van der Waals surface area contributed by atoms with Crippen LogP contribution in [0.5, 0.6) is 0 Å². The standard InChI is InChI=1S/C9H7FN2O2S.Na/c10-8-6-7(15(13)14)2-3-9(8)12-5-1-4-11-12;/h1-6H,(H,13,14);/q;+1/p-1. The van der Waals surface area contributed by atoms with Crippen molar-refractivity contribution in [2.75, 3.05) is 0 Å². The minimum absolute atomic E-state index is 0. The Morgan fingerprint density at radius 2 is 2.19 bits per heavy atom. The third kappa shape index (κ3) is 2.78. The van der Waals surface area contributed by atoms with Crippen LogP contribution in [0.4, 0.5) is 4.39 Å². The number of hydrogen-bond acceptors (Lipinski definition) is 3. The summed E-state index contributed by atoms with van der Waals surface area (Å²) in [6.45, 7) is 0. The molecule has 1 unspecified atom stereocenters. The van der Waals surface area contributed by atoms with Crippen LogP contribution < -0.4 is 29.6 Å². The summed E-state index contributed by atoms with van der Waals surface area (Å²) < 4.78 is 35.9. The molecule has 2 rings (SSSR count). The van der Waals surface area contributed by atoms with Gasteiger partial charge in [-0.25, -0.2) is 9.07 Å². The summed E-state index contributed by atoms with van der Waals surface area (Å²) in [5, 5.41) is 3.84. The van der Waals surface area contributed by atoms with Crippen LogP contribution in [-0.2, 0) is 11.1 Å². The molecule has 0 bridgehead atoms. The van der Waals surface area contributed by atoms with Crippen molar-refractivity contribution in [3.8, 4) is 5.69 Å². The van der Waals surface area contributed by atoms with E-state index < -0.39 is 16.9 Å². The van der Waals surface area contributed by atoms with Gasteiger partial charge in [0.15, 0.2) is 0 Å². The topological polar surface area (TPSA) is 57.9 Å². The van der Waals surface area contributed by atoms with Gasteiger partial charge in [-0.2, -0.15) is 5.10 Å². The molecule has 78 valence electrons. The number of benzene rings is 1. The Morgan fingerprint density at radius 1 is 1.44 bits per heavy atom. The number of hydrogen-bond donors (Lipinski definition) is 0. The summed E-state index contributed by atoms with van der Waals surface area (Å²) in [5.74, 6) is -0.625. The molecule has 1 heterocycles. The van der Waals surface area contributed by atoms with Crippen LogP contribution in [0.2, 0.25) is 0 Å². The van der Waals surface area contributed by atoms with E-state index in [1.165, 1.54) is 23.0 Å². The van der Waals surface area contributed by atoms with E-state index in [1.807, 2.05) is 0 Å². The molecule has 16 heavy (non-hydrogen) atoms. The second-order valence-electron chi connectivity index (χ2n) is 2.80. The minimum atomic E-state index is -2.41. The first-order chi connectivity index (χ1) is 7.18. The predicted octanol–water partition coefficient (Wildman–Crippen LogP) is -1.75. The molecule has 0 N–H and O–H groups in total. The third-order valence-corrected chi connectivity index (χ3v) is 2.50. The maximum Gasteiger partial charge on any atom is 1.00 e. The molecule has 4 nitrogen and oxygen atoms in total. The molecule has 0 aliphatic rings. The molecule has 0 saturated heterocycles. The largest absolute Gasteiger partial charge is 1.00 e. The van der Waals surface area contributed by atoms with Crippen LogP contribution in [0.3, 0.4) is 0 Å². The first-order valence-electron chi connectivity index (χ1n) is 4.07. The second-order valence-corrected chi connectivity index (χ2v) is 3.74. The summed E-state index contributed by atoms with van der Waals surface area (Å²) in [7, 11) is 0. The summed E-state index contributed by atoms with van der Waals surface area (Å²) in [6.07, 6.45) is 3.09. The second kappa shape index (κ2) is 5.70. The van der Waals surface area contributed by atoms with Gasteiger partial charge in [-0.15, -0.1) is 0 Å². The zero-order valence-corrected chi connectivity index (χ0v) is 11.3. The fourth-order valence-electron chi connectivity index (χ4n) is 1.19. The number of rotatable bonds is 2. The molecule has 0 spiro atoms. The van der Waals surface area contributed by atoms with E-state index in [9.17, 15) is 13.2 Å². The number of halogens is 1. The van der Waals surface area contributed by atoms with Crippen molar-refractivity contribution in [3.05, 3.63) is 42.5 Å². The average molecular weight is 248 g/mol. The monoisotopic (exact) mass is 248 g/mol. The molecule has 0 aliphatic carbocycles. The molecular formula is C9H6FN2NaO2S. The van der Waals surface area contributed by atoms with Crippen LogP contribution in [0.15, 0.2) is 41.6 Å². The van der Waals surface area contributed by atoms with Crippen LogP contribution in [-0.4, -0.2) is 18.5 Å². The van der Waals surface area contributed by atoms with E-state index >= 15 is 0 Å². The Bertz CT molecular complexity index is 504. The Labute approximate surface area is 116 Å². The molecule has 0 fully saturated rings. The van der Waals surface area contributed by atoms with Gasteiger partial charge >= 0.3 is 29.6 Å². The number of aromatic nitrogens is 2. The molecule has 0 saturated carbocycles. The fourth-order valence-corrected chi connectivity index (χ4v) is 1.57. The summed E-state index contributed by atoms with van der Waals surface area (Å²) in [4.78, 5) is -0.0802. The smallest absolute Gasteiger partial charge is 0.768 e. The van der Waals surface area contributed by atoms with E-state index in [4.69, 9.17) is 0 Å². The van der Waals surface area contributed by atoms with E-state index in [0.717, 1.165) is 6.07 Å². The van der Waals surface area contributed by atoms with Crippen molar-refractivity contribution in [3.63, 3.8) is 0 Å². The maximum atomic E-state index is 13.4. The maximum absolute atomic E-state index is 13.4. The van der Waals surface area contributed by atoms with Crippen LogP contribution in [0.1, 0.15) is 0 Å².